The predicted molar refractivity (Wildman–Crippen MR) is 133 cm³/mol. The average molecular weight is 517 g/mol. The zero-order chi connectivity index (χ0) is 25.4. The molecular weight excluding hydrogens is 486 g/mol. The minimum atomic E-state index is -1.20. The number of nitrogens with zero attached hydrogens (tertiary/aromatic N) is 6. The van der Waals surface area contributed by atoms with Crippen LogP contribution >= 0.6 is 0 Å². The maximum absolute atomic E-state index is 14.6. The van der Waals surface area contributed by atoms with Gasteiger partial charge in [-0.15, -0.1) is 0 Å². The number of piperidine rings is 1. The number of benzene rings is 1. The third-order valence-corrected chi connectivity index (χ3v) is 9.19. The van der Waals surface area contributed by atoms with Crippen LogP contribution in [-0.2, 0) is 11.2 Å². The Bertz CT molecular complexity index is 1230. The normalized spacial score (nSPS) is 22.1. The van der Waals surface area contributed by atoms with Gasteiger partial charge in [-0.05, 0) is 38.7 Å². The molecule has 1 aromatic carbocycles. The quantitative estimate of drug-likeness (QED) is 0.624. The fourth-order valence-corrected chi connectivity index (χ4v) is 6.64. The van der Waals surface area contributed by atoms with Crippen LogP contribution in [0.1, 0.15) is 43.0 Å². The Morgan fingerprint density at radius 1 is 1.03 bits per heavy atom. The Labute approximate surface area is 212 Å². The molecule has 4 heterocycles. The van der Waals surface area contributed by atoms with Crippen LogP contribution in [-0.4, -0.2) is 81.0 Å². The Morgan fingerprint density at radius 2 is 1.67 bits per heavy atom. The molecule has 2 aromatic rings. The lowest BCUT2D eigenvalue weighted by atomic mass is 9.81. The predicted octanol–water partition coefficient (Wildman–Crippen LogP) is 3.08. The summed E-state index contributed by atoms with van der Waals surface area (Å²) >= 11 is -1.20. The lowest BCUT2D eigenvalue weighted by molar-refractivity contribution is 0.0699. The van der Waals surface area contributed by atoms with Crippen molar-refractivity contribution >= 4 is 33.7 Å². The summed E-state index contributed by atoms with van der Waals surface area (Å²) < 4.78 is 45.6. The van der Waals surface area contributed by atoms with Gasteiger partial charge < -0.3 is 9.80 Å². The molecule has 192 valence electrons. The minimum Gasteiger partial charge on any atom is -0.370 e. The molecule has 5 rings (SSSR count). The molecule has 0 N–H and O–H groups in total. The first-order valence-corrected chi connectivity index (χ1v) is 13.5. The molecule has 8 nitrogen and oxygen atoms in total. The Hall–Kier alpha value is -2.68. The van der Waals surface area contributed by atoms with Crippen LogP contribution in [0.25, 0.3) is 10.9 Å². The lowest BCUT2D eigenvalue weighted by Crippen LogP contribution is -2.51. The van der Waals surface area contributed by atoms with E-state index >= 15 is 0 Å². The number of hydrogen-bond donors (Lipinski definition) is 0. The first kappa shape index (κ1) is 25.0. The van der Waals surface area contributed by atoms with Crippen molar-refractivity contribution in [1.82, 2.24) is 18.5 Å². The smallest absolute Gasteiger partial charge is 0.257 e. The molecule has 36 heavy (non-hydrogen) atoms. The van der Waals surface area contributed by atoms with Crippen LogP contribution in [0.4, 0.5) is 14.5 Å². The molecule has 3 aliphatic heterocycles. The SMILES string of the molecule is CC1(C#N)CCN(c2c(C(=O)N3CCN(S(=O)N4CCCC4)CC3)cnc3c(F)cc(F)cc23)CC1. The molecule has 0 spiro atoms. The van der Waals surface area contributed by atoms with Gasteiger partial charge in [0.1, 0.15) is 11.3 Å². The van der Waals surface area contributed by atoms with Crippen molar-refractivity contribution in [3.05, 3.63) is 35.5 Å². The Kier molecular flexibility index (Phi) is 6.94. The monoisotopic (exact) mass is 516 g/mol. The summed E-state index contributed by atoms with van der Waals surface area (Å²) in [5.41, 5.74) is 0.303. The van der Waals surface area contributed by atoms with Crippen LogP contribution < -0.4 is 4.90 Å². The van der Waals surface area contributed by atoms with Crippen molar-refractivity contribution < 1.29 is 17.8 Å². The molecule has 1 atom stereocenters. The molecule has 0 aliphatic carbocycles. The Morgan fingerprint density at radius 3 is 2.31 bits per heavy atom. The lowest BCUT2D eigenvalue weighted by Gasteiger charge is -2.39. The van der Waals surface area contributed by atoms with Crippen LogP contribution in [0.2, 0.25) is 0 Å². The van der Waals surface area contributed by atoms with Crippen molar-refractivity contribution in [3.8, 4) is 6.07 Å². The van der Waals surface area contributed by atoms with Crippen LogP contribution in [0.3, 0.4) is 0 Å². The van der Waals surface area contributed by atoms with E-state index in [1.807, 2.05) is 20.4 Å². The van der Waals surface area contributed by atoms with Crippen molar-refractivity contribution in [2.24, 2.45) is 5.41 Å². The number of halogens is 2. The minimum absolute atomic E-state index is 0.0161. The van der Waals surface area contributed by atoms with E-state index in [4.69, 9.17) is 0 Å². The first-order chi connectivity index (χ1) is 17.3. The van der Waals surface area contributed by atoms with Gasteiger partial charge in [0.2, 0.25) is 0 Å². The first-order valence-electron chi connectivity index (χ1n) is 12.4. The third-order valence-electron chi connectivity index (χ3n) is 7.58. The second-order valence-electron chi connectivity index (χ2n) is 10.1. The zero-order valence-electron chi connectivity index (χ0n) is 20.4. The molecule has 11 heteroatoms. The second kappa shape index (κ2) is 10.00. The molecular formula is C25H30F2N6O2S. The largest absolute Gasteiger partial charge is 0.370 e. The molecule has 1 aromatic heterocycles. The standard InChI is InChI=1S/C25H30F2N6O2S/c1-25(17-28)4-8-30(9-5-25)23-19-14-18(26)15-21(27)22(19)29-16-20(23)24(34)31-10-12-33(13-11-31)36(35)32-6-2-3-7-32/h14-16H,2-13H2,1H3. The average Bonchev–Trinajstić information content (AvgIpc) is 3.43. The van der Waals surface area contributed by atoms with Crippen molar-refractivity contribution in [2.75, 3.05) is 57.3 Å². The molecule has 0 radical (unpaired) electrons. The van der Waals surface area contributed by atoms with E-state index < -0.39 is 28.2 Å². The third kappa shape index (κ3) is 4.69. The van der Waals surface area contributed by atoms with E-state index in [-0.39, 0.29) is 16.8 Å². The highest BCUT2D eigenvalue weighted by Crippen LogP contribution is 2.38. The number of carbonyl (C=O) groups excluding carboxylic acids is 1. The van der Waals surface area contributed by atoms with E-state index in [9.17, 15) is 23.0 Å². The number of rotatable bonds is 4. The second-order valence-corrected chi connectivity index (χ2v) is 11.5. The summed E-state index contributed by atoms with van der Waals surface area (Å²) in [4.78, 5) is 21.6. The van der Waals surface area contributed by atoms with E-state index in [1.165, 1.54) is 12.3 Å². The molecule has 0 saturated carbocycles. The van der Waals surface area contributed by atoms with Crippen LogP contribution in [0.15, 0.2) is 18.3 Å². The molecule has 1 unspecified atom stereocenters. The number of hydrogen-bond acceptors (Lipinski definition) is 5. The molecule has 1 amide bonds. The van der Waals surface area contributed by atoms with E-state index in [2.05, 4.69) is 11.1 Å². The maximum Gasteiger partial charge on any atom is 0.257 e. The highest BCUT2D eigenvalue weighted by atomic mass is 32.2. The van der Waals surface area contributed by atoms with Gasteiger partial charge in [-0.1, -0.05) is 0 Å². The topological polar surface area (TPSA) is 83.8 Å². The van der Waals surface area contributed by atoms with Crippen molar-refractivity contribution in [1.29, 1.82) is 5.26 Å². The summed E-state index contributed by atoms with van der Waals surface area (Å²) in [6, 6.07) is 4.39. The van der Waals surface area contributed by atoms with E-state index in [1.54, 1.807) is 4.90 Å². The number of aromatic nitrogens is 1. The van der Waals surface area contributed by atoms with Gasteiger partial charge in [0.05, 0.1) is 22.7 Å². The van der Waals surface area contributed by atoms with Gasteiger partial charge >= 0.3 is 0 Å². The van der Waals surface area contributed by atoms with Gasteiger partial charge in [-0.2, -0.15) is 5.26 Å². The summed E-state index contributed by atoms with van der Waals surface area (Å²) in [7, 11) is 0. The van der Waals surface area contributed by atoms with Gasteiger partial charge in [0, 0.05) is 70.0 Å². The van der Waals surface area contributed by atoms with Crippen molar-refractivity contribution in [3.63, 3.8) is 0 Å². The number of carbonyl (C=O) groups is 1. The molecule has 0 bridgehead atoms. The summed E-state index contributed by atoms with van der Waals surface area (Å²) in [6.07, 6.45) is 4.65. The maximum atomic E-state index is 14.6. The van der Waals surface area contributed by atoms with Gasteiger partial charge in [-0.3, -0.25) is 9.78 Å². The van der Waals surface area contributed by atoms with Gasteiger partial charge in [0.15, 0.2) is 17.0 Å². The van der Waals surface area contributed by atoms with Gasteiger partial charge in [0.25, 0.3) is 5.91 Å². The number of anilines is 1. The van der Waals surface area contributed by atoms with Gasteiger partial charge in [-0.25, -0.2) is 21.6 Å². The van der Waals surface area contributed by atoms with Crippen LogP contribution in [0.5, 0.6) is 0 Å². The molecule has 3 saturated heterocycles. The summed E-state index contributed by atoms with van der Waals surface area (Å²) in [6.45, 7) is 6.31. The number of amides is 1. The Balaban J connectivity index is 1.43. The fraction of sp³-hybridized carbons (Fsp3) is 0.560. The number of fused-ring (bicyclic) bond motifs is 1. The highest BCUT2D eigenvalue weighted by molar-refractivity contribution is 7.80. The van der Waals surface area contributed by atoms with E-state index in [0.717, 1.165) is 32.0 Å². The molecule has 3 aliphatic rings. The fourth-order valence-electron chi connectivity index (χ4n) is 5.27. The zero-order valence-corrected chi connectivity index (χ0v) is 21.2. The summed E-state index contributed by atoms with van der Waals surface area (Å²) in [5, 5.41) is 9.78. The van der Waals surface area contributed by atoms with Crippen molar-refractivity contribution in [2.45, 2.75) is 32.6 Å². The van der Waals surface area contributed by atoms with E-state index in [0.29, 0.717) is 63.4 Å². The molecule has 3 fully saturated rings. The number of pyridine rings is 1. The number of piperazine rings is 1. The summed E-state index contributed by atoms with van der Waals surface area (Å²) in [5.74, 6) is -1.77. The number of nitriles is 1. The highest BCUT2D eigenvalue weighted by Gasteiger charge is 2.35. The van der Waals surface area contributed by atoms with Crippen LogP contribution in [0, 0.1) is 28.4 Å².